The molecule has 0 radical (unpaired) electrons. The van der Waals surface area contributed by atoms with Crippen LogP contribution in [0.5, 0.6) is 11.5 Å². The molecular formula is C22H27N3O4S. The van der Waals surface area contributed by atoms with Crippen LogP contribution >= 0.6 is 11.8 Å². The molecule has 30 heavy (non-hydrogen) atoms. The first-order valence-corrected chi connectivity index (χ1v) is 10.8. The van der Waals surface area contributed by atoms with Crippen LogP contribution in [0.3, 0.4) is 0 Å². The van der Waals surface area contributed by atoms with E-state index in [1.54, 1.807) is 32.5 Å². The van der Waals surface area contributed by atoms with Gasteiger partial charge in [0.1, 0.15) is 0 Å². The highest BCUT2D eigenvalue weighted by Crippen LogP contribution is 2.27. The summed E-state index contributed by atoms with van der Waals surface area (Å²) in [4.78, 5) is 31.1. The number of ether oxygens (including phenoxy) is 2. The van der Waals surface area contributed by atoms with Crippen LogP contribution in [0.4, 0.5) is 0 Å². The Morgan fingerprint density at radius 3 is 2.50 bits per heavy atom. The maximum absolute atomic E-state index is 12.5. The zero-order valence-corrected chi connectivity index (χ0v) is 18.3. The van der Waals surface area contributed by atoms with Crippen molar-refractivity contribution in [3.63, 3.8) is 0 Å². The lowest BCUT2D eigenvalue weighted by atomic mass is 10.2. The van der Waals surface area contributed by atoms with E-state index in [2.05, 4.69) is 10.3 Å². The third-order valence-electron chi connectivity index (χ3n) is 4.96. The van der Waals surface area contributed by atoms with E-state index in [9.17, 15) is 9.59 Å². The van der Waals surface area contributed by atoms with Gasteiger partial charge in [0, 0.05) is 25.8 Å². The van der Waals surface area contributed by atoms with Gasteiger partial charge in [0.15, 0.2) is 11.5 Å². The first kappa shape index (κ1) is 22.0. The summed E-state index contributed by atoms with van der Waals surface area (Å²) < 4.78 is 10.5. The fourth-order valence-corrected chi connectivity index (χ4v) is 4.05. The topological polar surface area (TPSA) is 80.8 Å². The lowest BCUT2D eigenvalue weighted by Crippen LogP contribution is -2.30. The van der Waals surface area contributed by atoms with E-state index in [1.165, 1.54) is 11.8 Å². The van der Waals surface area contributed by atoms with Crippen LogP contribution in [0.1, 0.15) is 35.7 Å². The van der Waals surface area contributed by atoms with Crippen molar-refractivity contribution in [2.75, 3.05) is 27.3 Å². The Labute approximate surface area is 181 Å². The molecule has 2 heterocycles. The summed E-state index contributed by atoms with van der Waals surface area (Å²) in [5, 5.41) is 3.32. The molecule has 2 amide bonds. The number of nitrogens with one attached hydrogen (secondary N) is 1. The third-order valence-corrected chi connectivity index (χ3v) is 6.01. The van der Waals surface area contributed by atoms with E-state index >= 15 is 0 Å². The van der Waals surface area contributed by atoms with Gasteiger partial charge in [0.05, 0.1) is 30.1 Å². The van der Waals surface area contributed by atoms with Crippen molar-refractivity contribution in [2.24, 2.45) is 0 Å². The van der Waals surface area contributed by atoms with Gasteiger partial charge >= 0.3 is 0 Å². The molecule has 1 aromatic carbocycles. The number of amides is 2. The molecule has 0 aliphatic carbocycles. The molecular weight excluding hydrogens is 402 g/mol. The minimum absolute atomic E-state index is 0.0252. The summed E-state index contributed by atoms with van der Waals surface area (Å²) in [6.07, 6.45) is 3.71. The van der Waals surface area contributed by atoms with Gasteiger partial charge in [0.2, 0.25) is 5.91 Å². The monoisotopic (exact) mass is 429 g/mol. The van der Waals surface area contributed by atoms with Crippen LogP contribution in [-0.2, 0) is 11.3 Å². The lowest BCUT2D eigenvalue weighted by molar-refractivity contribution is -0.120. The van der Waals surface area contributed by atoms with Gasteiger partial charge in [-0.2, -0.15) is 0 Å². The number of rotatable bonds is 8. The van der Waals surface area contributed by atoms with Crippen LogP contribution in [0.2, 0.25) is 0 Å². The highest BCUT2D eigenvalue weighted by Gasteiger charge is 2.20. The van der Waals surface area contributed by atoms with Gasteiger partial charge in [-0.25, -0.2) is 4.98 Å². The fourth-order valence-electron chi connectivity index (χ4n) is 3.24. The molecule has 2 aromatic rings. The van der Waals surface area contributed by atoms with Crippen molar-refractivity contribution in [2.45, 2.75) is 36.6 Å². The normalized spacial score (nSPS) is 14.3. The summed E-state index contributed by atoms with van der Waals surface area (Å²) in [5.74, 6) is 1.21. The van der Waals surface area contributed by atoms with Gasteiger partial charge in [-0.3, -0.25) is 9.59 Å². The van der Waals surface area contributed by atoms with Crippen LogP contribution in [-0.4, -0.2) is 54.3 Å². The Bertz CT molecular complexity index is 882. The summed E-state index contributed by atoms with van der Waals surface area (Å²) in [6.45, 7) is 3.85. The van der Waals surface area contributed by atoms with Gasteiger partial charge in [-0.15, -0.1) is 0 Å². The number of carbonyl (C=O) groups is 2. The van der Waals surface area contributed by atoms with Crippen LogP contribution in [0.25, 0.3) is 0 Å². The molecule has 160 valence electrons. The predicted molar refractivity (Wildman–Crippen MR) is 116 cm³/mol. The number of hydrogen-bond acceptors (Lipinski definition) is 6. The molecule has 1 aromatic heterocycles. The van der Waals surface area contributed by atoms with Crippen LogP contribution in [0.15, 0.2) is 41.6 Å². The Morgan fingerprint density at radius 1 is 1.13 bits per heavy atom. The standard InChI is InChI=1S/C22H27N3O4S/c1-15(21(26)24-13-16-6-8-18(28-2)19(12-16)29-3)30-20-9-7-17(14-23-20)22(27)25-10-4-5-11-25/h6-9,12,14-15H,4-5,10-11,13H2,1-3H3,(H,24,26)/t15-/m0/s1. The zero-order chi connectivity index (χ0) is 21.5. The second-order valence-corrected chi connectivity index (χ2v) is 8.41. The van der Waals surface area contributed by atoms with Crippen molar-refractivity contribution in [3.05, 3.63) is 47.7 Å². The molecule has 0 bridgehead atoms. The maximum atomic E-state index is 12.5. The first-order valence-electron chi connectivity index (χ1n) is 9.92. The maximum Gasteiger partial charge on any atom is 0.255 e. The minimum Gasteiger partial charge on any atom is -0.493 e. The van der Waals surface area contributed by atoms with E-state index < -0.39 is 0 Å². The number of hydrogen-bond donors (Lipinski definition) is 1. The van der Waals surface area contributed by atoms with Gasteiger partial charge in [-0.1, -0.05) is 17.8 Å². The van der Waals surface area contributed by atoms with Crippen molar-refractivity contribution >= 4 is 23.6 Å². The molecule has 1 aliphatic rings. The average molecular weight is 430 g/mol. The highest BCUT2D eigenvalue weighted by atomic mass is 32.2. The number of pyridine rings is 1. The molecule has 1 N–H and O–H groups in total. The molecule has 0 spiro atoms. The molecule has 1 atom stereocenters. The van der Waals surface area contributed by atoms with E-state index in [0.29, 0.717) is 28.6 Å². The van der Waals surface area contributed by atoms with E-state index in [0.717, 1.165) is 31.5 Å². The second-order valence-electron chi connectivity index (χ2n) is 7.05. The summed E-state index contributed by atoms with van der Waals surface area (Å²) >= 11 is 1.36. The largest absolute Gasteiger partial charge is 0.493 e. The highest BCUT2D eigenvalue weighted by molar-refractivity contribution is 8.00. The second kappa shape index (κ2) is 10.3. The lowest BCUT2D eigenvalue weighted by Gasteiger charge is -2.15. The number of nitrogens with zero attached hydrogens (tertiary/aromatic N) is 2. The van der Waals surface area contributed by atoms with Gasteiger partial charge in [-0.05, 0) is 49.6 Å². The zero-order valence-electron chi connectivity index (χ0n) is 17.5. The molecule has 1 saturated heterocycles. The smallest absolute Gasteiger partial charge is 0.255 e. The van der Waals surface area contributed by atoms with Gasteiger partial charge < -0.3 is 19.7 Å². The molecule has 1 fully saturated rings. The predicted octanol–water partition coefficient (Wildman–Crippen LogP) is 3.13. The average Bonchev–Trinajstić information content (AvgIpc) is 3.32. The van der Waals surface area contributed by atoms with Gasteiger partial charge in [0.25, 0.3) is 5.91 Å². The first-order chi connectivity index (χ1) is 14.5. The SMILES string of the molecule is COc1ccc(CNC(=O)[C@H](C)Sc2ccc(C(=O)N3CCCC3)cn2)cc1OC. The van der Waals surface area contributed by atoms with E-state index in [1.807, 2.05) is 30.0 Å². The van der Waals surface area contributed by atoms with Crippen LogP contribution < -0.4 is 14.8 Å². The van der Waals surface area contributed by atoms with Crippen LogP contribution in [0, 0.1) is 0 Å². The number of carbonyl (C=O) groups excluding carboxylic acids is 2. The minimum atomic E-state index is -0.322. The number of likely N-dealkylation sites (tertiary alicyclic amines) is 1. The molecule has 8 heteroatoms. The van der Waals surface area contributed by atoms with Crippen molar-refractivity contribution < 1.29 is 19.1 Å². The third kappa shape index (κ3) is 5.44. The Balaban J connectivity index is 1.52. The van der Waals surface area contributed by atoms with Crippen molar-refractivity contribution in [3.8, 4) is 11.5 Å². The number of methoxy groups -OCH3 is 2. The number of thioether (sulfide) groups is 1. The molecule has 1 aliphatic heterocycles. The Morgan fingerprint density at radius 2 is 1.87 bits per heavy atom. The fraction of sp³-hybridized carbons (Fsp3) is 0.409. The summed E-state index contributed by atoms with van der Waals surface area (Å²) in [7, 11) is 3.16. The number of benzene rings is 1. The summed E-state index contributed by atoms with van der Waals surface area (Å²) in [6, 6.07) is 9.12. The number of aromatic nitrogens is 1. The van der Waals surface area contributed by atoms with Crippen molar-refractivity contribution in [1.82, 2.24) is 15.2 Å². The Hall–Kier alpha value is -2.74. The van der Waals surface area contributed by atoms with Crippen molar-refractivity contribution in [1.29, 1.82) is 0 Å². The Kier molecular flexibility index (Phi) is 7.57. The molecule has 7 nitrogen and oxygen atoms in total. The van der Waals surface area contributed by atoms with E-state index in [4.69, 9.17) is 9.47 Å². The molecule has 3 rings (SSSR count). The molecule has 0 saturated carbocycles. The summed E-state index contributed by atoms with van der Waals surface area (Å²) in [5.41, 5.74) is 1.51. The van der Waals surface area contributed by atoms with E-state index in [-0.39, 0.29) is 17.1 Å². The molecule has 0 unspecified atom stereocenters. The quantitative estimate of drug-likeness (QED) is 0.650.